The smallest absolute Gasteiger partial charge is 0.258 e. The number of amides is 2. The lowest BCUT2D eigenvalue weighted by atomic mass is 10.1. The van der Waals surface area contributed by atoms with E-state index in [0.717, 1.165) is 10.5 Å². The summed E-state index contributed by atoms with van der Waals surface area (Å²) in [5.74, 6) is -0.978. The summed E-state index contributed by atoms with van der Waals surface area (Å²) in [6, 6.07) is 13.5. The number of carbonyl (C=O) groups is 3. The van der Waals surface area contributed by atoms with Crippen LogP contribution in [0.25, 0.3) is 6.08 Å². The largest absolute Gasteiger partial charge is 0.289 e. The molecule has 0 N–H and O–H groups in total. The van der Waals surface area contributed by atoms with Gasteiger partial charge in [-0.25, -0.2) is 4.90 Å². The maximum Gasteiger partial charge on any atom is 0.258 e. The first-order valence-electron chi connectivity index (χ1n) is 7.19. The molecule has 1 aliphatic rings. The Bertz CT molecular complexity index is 864. The van der Waals surface area contributed by atoms with Crippen molar-refractivity contribution in [2.75, 3.05) is 4.90 Å². The van der Waals surface area contributed by atoms with Crippen molar-refractivity contribution >= 4 is 41.0 Å². The lowest BCUT2D eigenvalue weighted by Gasteiger charge is -2.13. The van der Waals surface area contributed by atoms with Crippen molar-refractivity contribution in [3.8, 4) is 0 Å². The number of anilines is 1. The Labute approximate surface area is 143 Å². The minimum absolute atomic E-state index is 0.196. The van der Waals surface area contributed by atoms with Gasteiger partial charge in [0.15, 0.2) is 5.78 Å². The first-order chi connectivity index (χ1) is 11.6. The third kappa shape index (κ3) is 3.19. The van der Waals surface area contributed by atoms with Crippen molar-refractivity contribution in [3.63, 3.8) is 0 Å². The van der Waals surface area contributed by atoms with Gasteiger partial charge < -0.3 is 0 Å². The monoisotopic (exact) mass is 337 g/mol. The van der Waals surface area contributed by atoms with Gasteiger partial charge in [-0.3, -0.25) is 14.4 Å². The van der Waals surface area contributed by atoms with E-state index < -0.39 is 11.8 Å². The van der Waals surface area contributed by atoms with Crippen LogP contribution in [0.1, 0.15) is 15.9 Å². The summed E-state index contributed by atoms with van der Waals surface area (Å²) >= 11 is 6.04. The third-order valence-corrected chi connectivity index (χ3v) is 3.88. The number of ketones is 1. The van der Waals surface area contributed by atoms with E-state index in [0.29, 0.717) is 16.3 Å². The van der Waals surface area contributed by atoms with Crippen LogP contribution in [0.4, 0.5) is 5.69 Å². The van der Waals surface area contributed by atoms with Crippen LogP contribution in [0, 0.1) is 0 Å². The van der Waals surface area contributed by atoms with E-state index in [1.54, 1.807) is 36.4 Å². The molecule has 0 aromatic heterocycles. The molecule has 0 radical (unpaired) electrons. The summed E-state index contributed by atoms with van der Waals surface area (Å²) in [6.07, 6.45) is 5.52. The minimum atomic E-state index is -0.391. The molecule has 4 nitrogen and oxygen atoms in total. The summed E-state index contributed by atoms with van der Waals surface area (Å²) in [5, 5.41) is 0.565. The van der Waals surface area contributed by atoms with Crippen molar-refractivity contribution in [3.05, 3.63) is 82.9 Å². The first kappa shape index (κ1) is 15.9. The highest BCUT2D eigenvalue weighted by Crippen LogP contribution is 2.20. The van der Waals surface area contributed by atoms with E-state index in [1.165, 1.54) is 18.2 Å². The van der Waals surface area contributed by atoms with Crippen LogP contribution in [0.3, 0.4) is 0 Å². The van der Waals surface area contributed by atoms with Gasteiger partial charge in [-0.05, 0) is 48.0 Å². The highest BCUT2D eigenvalue weighted by Gasteiger charge is 2.24. The molecule has 3 rings (SSSR count). The number of imide groups is 1. The second-order valence-corrected chi connectivity index (χ2v) is 5.52. The summed E-state index contributed by atoms with van der Waals surface area (Å²) in [5.41, 5.74) is 1.64. The SMILES string of the molecule is O=C(C=Cc1ccccc1Cl)c1ccc(N2C(=O)C=CC2=O)cc1. The van der Waals surface area contributed by atoms with Crippen LogP contribution in [0.5, 0.6) is 0 Å². The maximum absolute atomic E-state index is 12.2. The van der Waals surface area contributed by atoms with Crippen molar-refractivity contribution in [2.24, 2.45) is 0 Å². The van der Waals surface area contributed by atoms with E-state index in [-0.39, 0.29) is 5.78 Å². The maximum atomic E-state index is 12.2. The number of halogens is 1. The van der Waals surface area contributed by atoms with Gasteiger partial charge in [-0.2, -0.15) is 0 Å². The number of allylic oxidation sites excluding steroid dienone is 1. The normalized spacial score (nSPS) is 14.0. The molecule has 1 heterocycles. The molecule has 0 saturated heterocycles. The second kappa shape index (κ2) is 6.64. The molecule has 2 aromatic rings. The Kier molecular flexibility index (Phi) is 4.40. The number of hydrogen-bond donors (Lipinski definition) is 0. The number of benzene rings is 2. The van der Waals surface area contributed by atoms with Crippen molar-refractivity contribution in [1.82, 2.24) is 0 Å². The van der Waals surface area contributed by atoms with Gasteiger partial charge in [-0.15, -0.1) is 0 Å². The van der Waals surface area contributed by atoms with Crippen LogP contribution in [-0.4, -0.2) is 17.6 Å². The van der Waals surface area contributed by atoms with Crippen LogP contribution in [-0.2, 0) is 9.59 Å². The minimum Gasteiger partial charge on any atom is -0.289 e. The van der Waals surface area contributed by atoms with Gasteiger partial charge in [0.1, 0.15) is 0 Å². The molecule has 0 unspecified atom stereocenters. The second-order valence-electron chi connectivity index (χ2n) is 5.11. The molecule has 118 valence electrons. The highest BCUT2D eigenvalue weighted by atomic mass is 35.5. The van der Waals surface area contributed by atoms with E-state index in [4.69, 9.17) is 11.6 Å². The lowest BCUT2D eigenvalue weighted by molar-refractivity contribution is -0.119. The van der Waals surface area contributed by atoms with Gasteiger partial charge in [-0.1, -0.05) is 29.8 Å². The number of rotatable bonds is 4. The van der Waals surface area contributed by atoms with Gasteiger partial charge in [0.05, 0.1) is 5.69 Å². The van der Waals surface area contributed by atoms with E-state index in [1.807, 2.05) is 18.2 Å². The fraction of sp³-hybridized carbons (Fsp3) is 0. The molecular formula is C19H12ClNO3. The number of nitrogens with zero attached hydrogens (tertiary/aromatic N) is 1. The molecule has 2 amide bonds. The molecule has 0 bridgehead atoms. The van der Waals surface area contributed by atoms with Gasteiger partial charge in [0, 0.05) is 22.7 Å². The zero-order valence-corrected chi connectivity index (χ0v) is 13.2. The van der Waals surface area contributed by atoms with E-state index in [9.17, 15) is 14.4 Å². The molecular weight excluding hydrogens is 326 g/mol. The summed E-state index contributed by atoms with van der Waals surface area (Å²) in [7, 11) is 0. The highest BCUT2D eigenvalue weighted by molar-refractivity contribution is 6.32. The number of hydrogen-bond acceptors (Lipinski definition) is 3. The van der Waals surface area contributed by atoms with Crippen LogP contribution in [0.15, 0.2) is 66.8 Å². The Morgan fingerprint density at radius 2 is 1.54 bits per heavy atom. The topological polar surface area (TPSA) is 54.5 Å². The molecule has 0 fully saturated rings. The summed E-state index contributed by atoms with van der Waals surface area (Å²) < 4.78 is 0. The quantitative estimate of drug-likeness (QED) is 0.486. The molecule has 5 heteroatoms. The summed E-state index contributed by atoms with van der Waals surface area (Å²) in [4.78, 5) is 36.5. The van der Waals surface area contributed by atoms with Gasteiger partial charge in [0.2, 0.25) is 0 Å². The molecule has 1 aliphatic heterocycles. The van der Waals surface area contributed by atoms with Crippen molar-refractivity contribution < 1.29 is 14.4 Å². The average Bonchev–Trinajstić information content (AvgIpc) is 2.93. The van der Waals surface area contributed by atoms with Crippen LogP contribution in [0.2, 0.25) is 5.02 Å². The molecule has 0 atom stereocenters. The Morgan fingerprint density at radius 3 is 2.17 bits per heavy atom. The Hall–Kier alpha value is -2.98. The first-order valence-corrected chi connectivity index (χ1v) is 7.57. The number of carbonyl (C=O) groups excluding carboxylic acids is 3. The third-order valence-electron chi connectivity index (χ3n) is 3.54. The molecule has 0 spiro atoms. The predicted octanol–water partition coefficient (Wildman–Crippen LogP) is 3.67. The summed E-state index contributed by atoms with van der Waals surface area (Å²) in [6.45, 7) is 0. The van der Waals surface area contributed by atoms with E-state index >= 15 is 0 Å². The standard InChI is InChI=1S/C19H12ClNO3/c20-16-4-2-1-3-13(16)7-10-17(22)14-5-8-15(9-6-14)21-18(23)11-12-19(21)24/h1-12H. The van der Waals surface area contributed by atoms with Crippen molar-refractivity contribution in [2.45, 2.75) is 0 Å². The Balaban J connectivity index is 1.76. The predicted molar refractivity (Wildman–Crippen MR) is 92.9 cm³/mol. The van der Waals surface area contributed by atoms with Crippen LogP contribution < -0.4 is 4.90 Å². The molecule has 0 aliphatic carbocycles. The fourth-order valence-electron chi connectivity index (χ4n) is 2.30. The van der Waals surface area contributed by atoms with Gasteiger partial charge in [0.25, 0.3) is 11.8 Å². The Morgan fingerprint density at radius 1 is 0.917 bits per heavy atom. The van der Waals surface area contributed by atoms with Crippen molar-refractivity contribution in [1.29, 1.82) is 0 Å². The zero-order valence-electron chi connectivity index (χ0n) is 12.5. The van der Waals surface area contributed by atoms with Gasteiger partial charge >= 0.3 is 0 Å². The van der Waals surface area contributed by atoms with E-state index in [2.05, 4.69) is 0 Å². The fourth-order valence-corrected chi connectivity index (χ4v) is 2.50. The molecule has 24 heavy (non-hydrogen) atoms. The lowest BCUT2D eigenvalue weighted by Crippen LogP contribution is -2.29. The molecule has 2 aromatic carbocycles. The van der Waals surface area contributed by atoms with Crippen LogP contribution >= 0.6 is 11.6 Å². The molecule has 0 saturated carbocycles. The zero-order chi connectivity index (χ0) is 17.1. The average molecular weight is 338 g/mol.